The van der Waals surface area contributed by atoms with Crippen molar-refractivity contribution in [3.8, 4) is 11.4 Å². The smallest absolute Gasteiger partial charge is 0.268 e. The third-order valence-corrected chi connectivity index (χ3v) is 2.91. The van der Waals surface area contributed by atoms with Crippen molar-refractivity contribution in [1.82, 2.24) is 29.6 Å². The van der Waals surface area contributed by atoms with Crippen LogP contribution in [0.1, 0.15) is 5.56 Å². The van der Waals surface area contributed by atoms with Gasteiger partial charge in [-0.3, -0.25) is 9.20 Å². The minimum Gasteiger partial charge on any atom is -0.268 e. The highest BCUT2D eigenvalue weighted by Crippen LogP contribution is 2.10. The Labute approximate surface area is 114 Å². The molecular formula is C13H12N6O. The summed E-state index contributed by atoms with van der Waals surface area (Å²) in [6.45, 7) is 5.94. The number of nitrogens with zero attached hydrogens (tertiary/aromatic N) is 6. The number of hydrogen-bond donors (Lipinski definition) is 0. The molecule has 0 aliphatic heterocycles. The lowest BCUT2D eigenvalue weighted by Crippen LogP contribution is -2.17. The number of fused-ring (bicyclic) bond motifs is 1. The first-order valence-electron chi connectivity index (χ1n) is 6.07. The van der Waals surface area contributed by atoms with Crippen molar-refractivity contribution < 1.29 is 0 Å². The number of allylic oxidation sites excluding steroid dienone is 1. The maximum Gasteiger partial charge on any atom is 0.269 e. The van der Waals surface area contributed by atoms with Gasteiger partial charge in [0.05, 0.1) is 6.54 Å². The summed E-state index contributed by atoms with van der Waals surface area (Å²) in [5.41, 5.74) is 1.67. The van der Waals surface area contributed by atoms with Crippen molar-refractivity contribution in [2.75, 3.05) is 0 Å². The highest BCUT2D eigenvalue weighted by atomic mass is 16.1. The van der Waals surface area contributed by atoms with Crippen LogP contribution in [0.15, 0.2) is 42.0 Å². The molecule has 0 radical (unpaired) electrons. The number of tetrazole rings is 1. The van der Waals surface area contributed by atoms with Crippen LogP contribution in [0.4, 0.5) is 0 Å². The first-order chi connectivity index (χ1) is 9.70. The monoisotopic (exact) mass is 268 g/mol. The highest BCUT2D eigenvalue weighted by molar-refractivity contribution is 5.56. The first-order valence-corrected chi connectivity index (χ1v) is 6.07. The van der Waals surface area contributed by atoms with E-state index in [0.717, 1.165) is 5.56 Å². The molecule has 100 valence electrons. The van der Waals surface area contributed by atoms with E-state index in [-0.39, 0.29) is 11.4 Å². The van der Waals surface area contributed by atoms with E-state index in [2.05, 4.69) is 27.0 Å². The molecule has 0 aliphatic rings. The normalized spacial score (nSPS) is 10.8. The van der Waals surface area contributed by atoms with Crippen molar-refractivity contribution in [2.24, 2.45) is 0 Å². The minimum absolute atomic E-state index is 0.211. The van der Waals surface area contributed by atoms with Gasteiger partial charge in [0.2, 0.25) is 5.82 Å². The average Bonchev–Trinajstić information content (AvgIpc) is 2.89. The topological polar surface area (TPSA) is 78.0 Å². The van der Waals surface area contributed by atoms with Crippen LogP contribution in [0.25, 0.3) is 17.0 Å². The van der Waals surface area contributed by atoms with Gasteiger partial charge < -0.3 is 0 Å². The van der Waals surface area contributed by atoms with E-state index in [4.69, 9.17) is 0 Å². The molecule has 0 aromatic carbocycles. The van der Waals surface area contributed by atoms with Crippen molar-refractivity contribution in [3.05, 3.63) is 53.1 Å². The van der Waals surface area contributed by atoms with Crippen LogP contribution in [0.5, 0.6) is 0 Å². The molecule has 3 heterocycles. The number of aryl methyl sites for hydroxylation is 1. The standard InChI is InChI=1S/C13H12N6O/c1-3-6-19-16-11(15-17-19)10-8-14-12-9(2)5-4-7-18(12)13(10)20/h3-5,7-8H,1,6H2,2H3. The summed E-state index contributed by atoms with van der Waals surface area (Å²) in [6, 6.07) is 3.71. The zero-order chi connectivity index (χ0) is 14.1. The fourth-order valence-corrected chi connectivity index (χ4v) is 1.94. The van der Waals surface area contributed by atoms with E-state index >= 15 is 0 Å². The molecule has 7 nitrogen and oxygen atoms in total. The molecule has 0 spiro atoms. The van der Waals surface area contributed by atoms with Crippen molar-refractivity contribution in [1.29, 1.82) is 0 Å². The Hall–Kier alpha value is -2.83. The van der Waals surface area contributed by atoms with Crippen molar-refractivity contribution >= 4 is 5.65 Å². The van der Waals surface area contributed by atoms with Crippen LogP contribution in [-0.2, 0) is 6.54 Å². The van der Waals surface area contributed by atoms with Crippen molar-refractivity contribution in [2.45, 2.75) is 13.5 Å². The second kappa shape index (κ2) is 4.69. The second-order valence-corrected chi connectivity index (χ2v) is 4.32. The Morgan fingerprint density at radius 2 is 2.30 bits per heavy atom. The predicted octanol–water partition coefficient (Wildman–Crippen LogP) is 0.842. The van der Waals surface area contributed by atoms with Gasteiger partial charge in [0.25, 0.3) is 5.56 Å². The third-order valence-electron chi connectivity index (χ3n) is 2.91. The molecule has 20 heavy (non-hydrogen) atoms. The molecule has 3 aromatic rings. The Morgan fingerprint density at radius 1 is 1.45 bits per heavy atom. The SMILES string of the molecule is C=CCn1nnc(-c2cnc3c(C)cccn3c2=O)n1. The lowest BCUT2D eigenvalue weighted by Gasteiger charge is -2.03. The molecule has 0 bridgehead atoms. The van der Waals surface area contributed by atoms with Crippen LogP contribution in [0.3, 0.4) is 0 Å². The quantitative estimate of drug-likeness (QED) is 0.658. The molecule has 0 amide bonds. The van der Waals surface area contributed by atoms with E-state index < -0.39 is 0 Å². The first kappa shape index (κ1) is 12.2. The number of hydrogen-bond acceptors (Lipinski definition) is 5. The zero-order valence-electron chi connectivity index (χ0n) is 10.9. The molecule has 0 atom stereocenters. The lowest BCUT2D eigenvalue weighted by atomic mass is 10.2. The van der Waals surface area contributed by atoms with Crippen LogP contribution in [0.2, 0.25) is 0 Å². The molecule has 0 saturated heterocycles. The summed E-state index contributed by atoms with van der Waals surface area (Å²) < 4.78 is 1.48. The molecule has 0 aliphatic carbocycles. The number of aromatic nitrogens is 6. The number of rotatable bonds is 3. The summed E-state index contributed by atoms with van der Waals surface area (Å²) in [7, 11) is 0. The Morgan fingerprint density at radius 3 is 3.10 bits per heavy atom. The van der Waals surface area contributed by atoms with Gasteiger partial charge in [-0.1, -0.05) is 12.1 Å². The molecular weight excluding hydrogens is 256 g/mol. The largest absolute Gasteiger partial charge is 0.269 e. The van der Waals surface area contributed by atoms with Crippen LogP contribution in [0, 0.1) is 6.92 Å². The minimum atomic E-state index is -0.211. The van der Waals surface area contributed by atoms with Gasteiger partial charge in [-0.2, -0.15) is 4.80 Å². The van der Waals surface area contributed by atoms with Gasteiger partial charge in [0.1, 0.15) is 11.2 Å². The molecule has 3 aromatic heterocycles. The molecule has 7 heteroatoms. The fraction of sp³-hybridized carbons (Fsp3) is 0.154. The molecule has 0 N–H and O–H groups in total. The summed E-state index contributed by atoms with van der Waals surface area (Å²) in [4.78, 5) is 18.1. The molecule has 3 rings (SSSR count). The van der Waals surface area contributed by atoms with Gasteiger partial charge in [-0.05, 0) is 23.8 Å². The molecule has 0 unspecified atom stereocenters. The second-order valence-electron chi connectivity index (χ2n) is 4.32. The Balaban J connectivity index is 2.19. The maximum atomic E-state index is 12.4. The summed E-state index contributed by atoms with van der Waals surface area (Å²) in [5, 5.41) is 11.9. The maximum absolute atomic E-state index is 12.4. The van der Waals surface area contributed by atoms with Crippen molar-refractivity contribution in [3.63, 3.8) is 0 Å². The van der Waals surface area contributed by atoms with Crippen LogP contribution >= 0.6 is 0 Å². The van der Waals surface area contributed by atoms with E-state index in [1.807, 2.05) is 13.0 Å². The average molecular weight is 268 g/mol. The van der Waals surface area contributed by atoms with E-state index in [1.165, 1.54) is 15.4 Å². The molecule has 0 saturated carbocycles. The predicted molar refractivity (Wildman–Crippen MR) is 73.2 cm³/mol. The third kappa shape index (κ3) is 1.89. The van der Waals surface area contributed by atoms with E-state index in [1.54, 1.807) is 18.3 Å². The fourth-order valence-electron chi connectivity index (χ4n) is 1.94. The van der Waals surface area contributed by atoms with Gasteiger partial charge in [-0.25, -0.2) is 4.98 Å². The van der Waals surface area contributed by atoms with E-state index in [9.17, 15) is 4.79 Å². The Kier molecular flexibility index (Phi) is 2.86. The van der Waals surface area contributed by atoms with Crippen LogP contribution < -0.4 is 5.56 Å². The van der Waals surface area contributed by atoms with Gasteiger partial charge >= 0.3 is 0 Å². The highest BCUT2D eigenvalue weighted by Gasteiger charge is 2.13. The summed E-state index contributed by atoms with van der Waals surface area (Å²) in [5.74, 6) is 0.264. The number of pyridine rings is 1. The van der Waals surface area contributed by atoms with Gasteiger partial charge in [0, 0.05) is 12.4 Å². The summed E-state index contributed by atoms with van der Waals surface area (Å²) >= 11 is 0. The molecule has 0 fully saturated rings. The van der Waals surface area contributed by atoms with Gasteiger partial charge in [0.15, 0.2) is 0 Å². The Bertz CT molecular complexity index is 847. The lowest BCUT2D eigenvalue weighted by molar-refractivity contribution is 0.583. The van der Waals surface area contributed by atoms with Gasteiger partial charge in [-0.15, -0.1) is 16.8 Å². The zero-order valence-corrected chi connectivity index (χ0v) is 10.9. The van der Waals surface area contributed by atoms with Crippen LogP contribution in [-0.4, -0.2) is 29.6 Å². The summed E-state index contributed by atoms with van der Waals surface area (Å²) in [6.07, 6.45) is 4.82. The van der Waals surface area contributed by atoms with E-state index in [0.29, 0.717) is 17.8 Å².